The summed E-state index contributed by atoms with van der Waals surface area (Å²) < 4.78 is 4.72. The molecule has 1 aromatic carbocycles. The van der Waals surface area contributed by atoms with Gasteiger partial charge in [-0.05, 0) is 64.4 Å². The van der Waals surface area contributed by atoms with Gasteiger partial charge in [0.05, 0.1) is 34.8 Å². The zero-order valence-electron chi connectivity index (χ0n) is 24.9. The van der Waals surface area contributed by atoms with Gasteiger partial charge in [0.15, 0.2) is 6.29 Å². The molecule has 1 amide bonds. The van der Waals surface area contributed by atoms with Crippen LogP contribution in [0.4, 0.5) is 11.5 Å². The second-order valence-electron chi connectivity index (χ2n) is 10.5. The summed E-state index contributed by atoms with van der Waals surface area (Å²) in [6.07, 6.45) is 5.47. The van der Waals surface area contributed by atoms with Gasteiger partial charge in [0, 0.05) is 48.8 Å². The van der Waals surface area contributed by atoms with Crippen molar-refractivity contribution in [3.05, 3.63) is 84.2 Å². The van der Waals surface area contributed by atoms with Crippen molar-refractivity contribution < 1.29 is 14.3 Å². The summed E-state index contributed by atoms with van der Waals surface area (Å²) in [4.78, 5) is 40.2. The number of carbonyl (C=O) groups is 2. The zero-order chi connectivity index (χ0) is 30.9. The maximum Gasteiger partial charge on any atom is 0.255 e. The maximum atomic E-state index is 12.9. The third-order valence-corrected chi connectivity index (χ3v) is 6.49. The molecule has 0 fully saturated rings. The Morgan fingerprint density at radius 3 is 2.38 bits per heavy atom. The van der Waals surface area contributed by atoms with Gasteiger partial charge in [-0.25, -0.2) is 9.97 Å². The molecule has 10 nitrogen and oxygen atoms in total. The van der Waals surface area contributed by atoms with Gasteiger partial charge in [0.1, 0.15) is 17.7 Å². The van der Waals surface area contributed by atoms with E-state index < -0.39 is 11.0 Å². The Kier molecular flexibility index (Phi) is 10.2. The molecule has 3 heterocycles. The van der Waals surface area contributed by atoms with Crippen molar-refractivity contribution in [1.82, 2.24) is 19.9 Å². The Labute approximate surface area is 246 Å². The number of aryl methyl sites for hydroxylation is 1. The highest BCUT2D eigenvalue weighted by molar-refractivity contribution is 6.04. The molecule has 0 aliphatic carbocycles. The smallest absolute Gasteiger partial charge is 0.255 e. The maximum absolute atomic E-state index is 12.9. The summed E-state index contributed by atoms with van der Waals surface area (Å²) in [5, 5.41) is 15.3. The molecule has 2 N–H and O–H groups in total. The fourth-order valence-corrected chi connectivity index (χ4v) is 3.61. The van der Waals surface area contributed by atoms with E-state index in [9.17, 15) is 14.9 Å². The SMILES string of the molecule is CNc1cc(-c2cccc(-c3cc(NC(=O)c4ccnc(C(C)(C)C#N)c4)cnc3C)c2)ncn1.COC(C)(C)C=O. The molecule has 42 heavy (non-hydrogen) atoms. The molecule has 10 heteroatoms. The van der Waals surface area contributed by atoms with E-state index in [0.717, 1.165) is 40.2 Å². The van der Waals surface area contributed by atoms with Gasteiger partial charge in [-0.1, -0.05) is 18.2 Å². The second kappa shape index (κ2) is 13.6. The van der Waals surface area contributed by atoms with Crippen molar-refractivity contribution in [2.75, 3.05) is 24.8 Å². The number of ether oxygens (including phenoxy) is 1. The monoisotopic (exact) mass is 565 g/mol. The first kappa shape index (κ1) is 31.5. The molecule has 0 saturated carbocycles. The fraction of sp³-hybridized carbons (Fsp3) is 0.281. The third-order valence-electron chi connectivity index (χ3n) is 6.49. The number of nitrogens with one attached hydrogen (secondary N) is 2. The minimum absolute atomic E-state index is 0.298. The van der Waals surface area contributed by atoms with Crippen molar-refractivity contribution in [3.63, 3.8) is 0 Å². The summed E-state index contributed by atoms with van der Waals surface area (Å²) in [6, 6.07) is 17.3. The van der Waals surface area contributed by atoms with Crippen molar-refractivity contribution in [2.24, 2.45) is 0 Å². The molecule has 4 rings (SSSR count). The third kappa shape index (κ3) is 8.02. The summed E-state index contributed by atoms with van der Waals surface area (Å²) in [7, 11) is 3.32. The first-order chi connectivity index (χ1) is 19.9. The number of carbonyl (C=O) groups excluding carboxylic acids is 2. The highest BCUT2D eigenvalue weighted by Crippen LogP contribution is 2.29. The van der Waals surface area contributed by atoms with Gasteiger partial charge in [0.25, 0.3) is 5.91 Å². The van der Waals surface area contributed by atoms with E-state index in [1.54, 1.807) is 52.2 Å². The van der Waals surface area contributed by atoms with Crippen molar-refractivity contribution in [2.45, 2.75) is 45.6 Å². The molecule has 0 atom stereocenters. The number of anilines is 2. The Balaban J connectivity index is 0.000000616. The average molecular weight is 566 g/mol. The topological polar surface area (TPSA) is 143 Å². The van der Waals surface area contributed by atoms with Crippen LogP contribution in [0.5, 0.6) is 0 Å². The fourth-order valence-electron chi connectivity index (χ4n) is 3.61. The Bertz CT molecular complexity index is 1610. The lowest BCUT2D eigenvalue weighted by Crippen LogP contribution is -2.23. The highest BCUT2D eigenvalue weighted by atomic mass is 16.5. The van der Waals surface area contributed by atoms with Gasteiger partial charge in [-0.3, -0.25) is 14.8 Å². The van der Waals surface area contributed by atoms with E-state index in [4.69, 9.17) is 4.74 Å². The van der Waals surface area contributed by atoms with Crippen molar-refractivity contribution in [1.29, 1.82) is 5.26 Å². The molecular formula is C32H35N7O3. The number of pyridine rings is 2. The van der Waals surface area contributed by atoms with E-state index in [1.807, 2.05) is 50.4 Å². The quantitative estimate of drug-likeness (QED) is 0.260. The summed E-state index contributed by atoms with van der Waals surface area (Å²) >= 11 is 0. The van der Waals surface area contributed by atoms with Gasteiger partial charge < -0.3 is 20.2 Å². The van der Waals surface area contributed by atoms with Crippen LogP contribution in [0.3, 0.4) is 0 Å². The lowest BCUT2D eigenvalue weighted by Gasteiger charge is -2.15. The van der Waals surface area contributed by atoms with E-state index in [0.29, 0.717) is 16.9 Å². The molecule has 0 aliphatic rings. The van der Waals surface area contributed by atoms with Crippen LogP contribution < -0.4 is 10.6 Å². The van der Waals surface area contributed by atoms with Crippen LogP contribution in [-0.2, 0) is 14.9 Å². The largest absolute Gasteiger partial charge is 0.373 e. The first-order valence-corrected chi connectivity index (χ1v) is 13.2. The van der Waals surface area contributed by atoms with E-state index >= 15 is 0 Å². The summed E-state index contributed by atoms with van der Waals surface area (Å²) in [6.45, 7) is 8.88. The van der Waals surface area contributed by atoms with Crippen LogP contribution in [0.25, 0.3) is 22.4 Å². The molecule has 0 radical (unpaired) electrons. The van der Waals surface area contributed by atoms with E-state index in [-0.39, 0.29) is 5.91 Å². The molecule has 0 spiro atoms. The van der Waals surface area contributed by atoms with Crippen LogP contribution in [0, 0.1) is 18.3 Å². The summed E-state index contributed by atoms with van der Waals surface area (Å²) in [5.41, 5.74) is 4.57. The number of nitrogens with zero attached hydrogens (tertiary/aromatic N) is 5. The normalized spacial score (nSPS) is 11.0. The molecule has 4 aromatic rings. The Morgan fingerprint density at radius 1 is 1.00 bits per heavy atom. The van der Waals surface area contributed by atoms with Gasteiger partial charge in [0.2, 0.25) is 0 Å². The number of hydrogen-bond donors (Lipinski definition) is 2. The molecule has 0 aliphatic heterocycles. The molecule has 0 unspecified atom stereocenters. The Morgan fingerprint density at radius 2 is 1.74 bits per heavy atom. The number of aromatic nitrogens is 4. The lowest BCUT2D eigenvalue weighted by atomic mass is 9.90. The van der Waals surface area contributed by atoms with Gasteiger partial charge in [-0.2, -0.15) is 5.26 Å². The molecule has 0 saturated heterocycles. The van der Waals surface area contributed by atoms with Crippen molar-refractivity contribution >= 4 is 23.7 Å². The van der Waals surface area contributed by atoms with E-state index in [2.05, 4.69) is 36.6 Å². The van der Waals surface area contributed by atoms with Crippen molar-refractivity contribution in [3.8, 4) is 28.5 Å². The van der Waals surface area contributed by atoms with Gasteiger partial charge >= 0.3 is 0 Å². The Hall–Kier alpha value is -5.01. The summed E-state index contributed by atoms with van der Waals surface area (Å²) in [5.74, 6) is 0.439. The van der Waals surface area contributed by atoms with Crippen LogP contribution in [0.2, 0.25) is 0 Å². The van der Waals surface area contributed by atoms with E-state index in [1.165, 1.54) is 13.4 Å². The highest BCUT2D eigenvalue weighted by Gasteiger charge is 2.22. The molecule has 216 valence electrons. The number of amides is 1. The standard InChI is InChI=1S/C27H25N7O.C5H10O2/c1-17-22(18-6-5-7-19(10-18)23-13-25(29-4)33-16-32-23)12-21(14-31-17)34-26(35)20-8-9-30-24(11-20)27(2,3)15-28;1-5(2,4-6)7-3/h5-14,16H,1-4H3,(H,34,35)(H,29,32,33);4H,1-3H3. The lowest BCUT2D eigenvalue weighted by molar-refractivity contribution is -0.123. The minimum Gasteiger partial charge on any atom is -0.373 e. The average Bonchev–Trinajstić information content (AvgIpc) is 3.02. The number of rotatable bonds is 8. The minimum atomic E-state index is -0.794. The number of hydrogen-bond acceptors (Lipinski definition) is 9. The number of nitriles is 1. The number of aldehydes is 1. The van der Waals surface area contributed by atoms with Crippen LogP contribution in [0.15, 0.2) is 67.3 Å². The van der Waals surface area contributed by atoms with Crippen LogP contribution in [0.1, 0.15) is 49.4 Å². The first-order valence-electron chi connectivity index (χ1n) is 13.2. The zero-order valence-corrected chi connectivity index (χ0v) is 24.9. The predicted molar refractivity (Wildman–Crippen MR) is 163 cm³/mol. The predicted octanol–water partition coefficient (Wildman–Crippen LogP) is 5.61. The number of benzene rings is 1. The van der Waals surface area contributed by atoms with Crippen LogP contribution >= 0.6 is 0 Å². The second-order valence-corrected chi connectivity index (χ2v) is 10.5. The van der Waals surface area contributed by atoms with Crippen LogP contribution in [-0.4, -0.2) is 51.9 Å². The molecular weight excluding hydrogens is 530 g/mol. The molecule has 3 aromatic heterocycles. The molecule has 0 bridgehead atoms. The number of methoxy groups -OCH3 is 1. The van der Waals surface area contributed by atoms with Gasteiger partial charge in [-0.15, -0.1) is 0 Å².